The maximum Gasteiger partial charge on any atom is 0.123 e. The monoisotopic (exact) mass is 273 g/mol. The van der Waals surface area contributed by atoms with Gasteiger partial charge in [0.15, 0.2) is 0 Å². The van der Waals surface area contributed by atoms with E-state index in [0.717, 1.165) is 37.5 Å². The fourth-order valence-electron chi connectivity index (χ4n) is 2.83. The Labute approximate surface area is 121 Å². The normalized spacial score (nSPS) is 18.8. The van der Waals surface area contributed by atoms with Crippen molar-refractivity contribution in [3.63, 3.8) is 0 Å². The van der Waals surface area contributed by atoms with Gasteiger partial charge in [0, 0.05) is 24.7 Å². The number of nitriles is 1. The van der Waals surface area contributed by atoms with Crippen molar-refractivity contribution in [1.82, 2.24) is 10.2 Å². The molecule has 0 radical (unpaired) electrons. The highest BCUT2D eigenvalue weighted by Gasteiger charge is 2.20. The Hall–Kier alpha value is -1.57. The molecule has 0 bridgehead atoms. The topological polar surface area (TPSA) is 48.3 Å². The van der Waals surface area contributed by atoms with Crippen LogP contribution >= 0.6 is 0 Å². The van der Waals surface area contributed by atoms with Crippen molar-refractivity contribution < 1.29 is 4.74 Å². The minimum absolute atomic E-state index is 0.573. The summed E-state index contributed by atoms with van der Waals surface area (Å²) >= 11 is 0. The lowest BCUT2D eigenvalue weighted by atomic mass is 10.0. The third-order valence-corrected chi connectivity index (χ3v) is 3.98. The van der Waals surface area contributed by atoms with Crippen LogP contribution in [-0.2, 0) is 6.54 Å². The summed E-state index contributed by atoms with van der Waals surface area (Å²) in [5.74, 6) is 0.867. The number of nitrogens with zero attached hydrogens (tertiary/aromatic N) is 2. The van der Waals surface area contributed by atoms with Crippen molar-refractivity contribution in [2.75, 3.05) is 26.7 Å². The lowest BCUT2D eigenvalue weighted by molar-refractivity contribution is 0.164. The molecule has 1 aliphatic rings. The molecule has 2 rings (SSSR count). The first-order chi connectivity index (χ1) is 9.78. The van der Waals surface area contributed by atoms with Gasteiger partial charge in [-0.3, -0.25) is 4.90 Å². The summed E-state index contributed by atoms with van der Waals surface area (Å²) in [4.78, 5) is 2.46. The summed E-state index contributed by atoms with van der Waals surface area (Å²) in [6.07, 6.45) is 2.47. The molecule has 1 saturated heterocycles. The number of ether oxygens (including phenoxy) is 1. The van der Waals surface area contributed by atoms with Crippen LogP contribution in [0.2, 0.25) is 0 Å². The Morgan fingerprint density at radius 1 is 1.50 bits per heavy atom. The van der Waals surface area contributed by atoms with Gasteiger partial charge in [-0.05, 0) is 44.1 Å². The van der Waals surface area contributed by atoms with Gasteiger partial charge >= 0.3 is 0 Å². The zero-order valence-electron chi connectivity index (χ0n) is 12.4. The Morgan fingerprint density at radius 2 is 2.35 bits per heavy atom. The molecule has 20 heavy (non-hydrogen) atoms. The average molecular weight is 273 g/mol. The molecule has 1 aliphatic heterocycles. The Bertz CT molecular complexity index is 475. The Morgan fingerprint density at radius 3 is 2.95 bits per heavy atom. The van der Waals surface area contributed by atoms with E-state index in [2.05, 4.69) is 23.2 Å². The van der Waals surface area contributed by atoms with E-state index < -0.39 is 0 Å². The van der Waals surface area contributed by atoms with Crippen LogP contribution in [0.3, 0.4) is 0 Å². The summed E-state index contributed by atoms with van der Waals surface area (Å²) in [5.41, 5.74) is 1.79. The summed E-state index contributed by atoms with van der Waals surface area (Å²) in [5, 5.41) is 12.5. The van der Waals surface area contributed by atoms with Crippen LogP contribution in [0.15, 0.2) is 18.2 Å². The molecule has 4 heteroatoms. The lowest BCUT2D eigenvalue weighted by Gasteiger charge is -2.34. The fourth-order valence-corrected chi connectivity index (χ4v) is 2.83. The SMILES string of the molecule is CCN(Cc1cc(C#N)ccc1OC)C1CCCNC1. The van der Waals surface area contributed by atoms with Crippen molar-refractivity contribution in [2.45, 2.75) is 32.4 Å². The van der Waals surface area contributed by atoms with Crippen LogP contribution in [0, 0.1) is 11.3 Å². The van der Waals surface area contributed by atoms with E-state index in [1.807, 2.05) is 12.1 Å². The van der Waals surface area contributed by atoms with E-state index in [4.69, 9.17) is 10.00 Å². The first-order valence-electron chi connectivity index (χ1n) is 7.30. The third-order valence-electron chi connectivity index (χ3n) is 3.98. The van der Waals surface area contributed by atoms with E-state index >= 15 is 0 Å². The second kappa shape index (κ2) is 7.28. The highest BCUT2D eigenvalue weighted by Crippen LogP contribution is 2.23. The molecule has 1 unspecified atom stereocenters. The van der Waals surface area contributed by atoms with Crippen LogP contribution in [0.4, 0.5) is 0 Å². The quantitative estimate of drug-likeness (QED) is 0.893. The molecule has 108 valence electrons. The van der Waals surface area contributed by atoms with E-state index in [1.165, 1.54) is 12.8 Å². The number of nitrogens with one attached hydrogen (secondary N) is 1. The van der Waals surface area contributed by atoms with Crippen molar-refractivity contribution in [3.8, 4) is 11.8 Å². The summed E-state index contributed by atoms with van der Waals surface area (Å²) in [7, 11) is 1.68. The van der Waals surface area contributed by atoms with Crippen molar-refractivity contribution >= 4 is 0 Å². The van der Waals surface area contributed by atoms with Gasteiger partial charge in [0.25, 0.3) is 0 Å². The largest absolute Gasteiger partial charge is 0.496 e. The maximum absolute atomic E-state index is 9.05. The highest BCUT2D eigenvalue weighted by molar-refractivity contribution is 5.42. The van der Waals surface area contributed by atoms with E-state index in [0.29, 0.717) is 11.6 Å². The molecule has 4 nitrogen and oxygen atoms in total. The van der Waals surface area contributed by atoms with Crippen LogP contribution in [0.5, 0.6) is 5.75 Å². The second-order valence-electron chi connectivity index (χ2n) is 5.20. The first-order valence-corrected chi connectivity index (χ1v) is 7.30. The first kappa shape index (κ1) is 14.8. The number of benzene rings is 1. The van der Waals surface area contributed by atoms with E-state index in [-0.39, 0.29) is 0 Å². The molecule has 1 heterocycles. The highest BCUT2D eigenvalue weighted by atomic mass is 16.5. The number of rotatable bonds is 5. The Kier molecular flexibility index (Phi) is 5.40. The van der Waals surface area contributed by atoms with Crippen LogP contribution in [0.1, 0.15) is 30.9 Å². The van der Waals surface area contributed by atoms with Gasteiger partial charge in [0.1, 0.15) is 5.75 Å². The molecular formula is C16H23N3O. The van der Waals surface area contributed by atoms with Crippen LogP contribution in [-0.4, -0.2) is 37.7 Å². The zero-order chi connectivity index (χ0) is 14.4. The predicted octanol–water partition coefficient (Wildman–Crippen LogP) is 2.14. The predicted molar refractivity (Wildman–Crippen MR) is 79.7 cm³/mol. The van der Waals surface area contributed by atoms with Gasteiger partial charge < -0.3 is 10.1 Å². The smallest absolute Gasteiger partial charge is 0.123 e. The third kappa shape index (κ3) is 3.50. The number of piperidine rings is 1. The molecule has 1 N–H and O–H groups in total. The summed E-state index contributed by atoms with van der Waals surface area (Å²) in [6, 6.07) is 8.41. The molecular weight excluding hydrogens is 250 g/mol. The molecule has 1 fully saturated rings. The summed E-state index contributed by atoms with van der Waals surface area (Å²) in [6.45, 7) is 6.21. The van der Waals surface area contributed by atoms with Gasteiger partial charge in [-0.1, -0.05) is 6.92 Å². The van der Waals surface area contributed by atoms with Gasteiger partial charge in [-0.15, -0.1) is 0 Å². The minimum Gasteiger partial charge on any atom is -0.496 e. The van der Waals surface area contributed by atoms with Crippen LogP contribution < -0.4 is 10.1 Å². The number of hydrogen-bond acceptors (Lipinski definition) is 4. The molecule has 0 aromatic heterocycles. The molecule has 0 saturated carbocycles. The van der Waals surface area contributed by atoms with Crippen molar-refractivity contribution in [3.05, 3.63) is 29.3 Å². The molecule has 0 amide bonds. The van der Waals surface area contributed by atoms with Crippen molar-refractivity contribution in [2.24, 2.45) is 0 Å². The summed E-state index contributed by atoms with van der Waals surface area (Å²) < 4.78 is 5.43. The van der Waals surface area contributed by atoms with Gasteiger partial charge in [-0.25, -0.2) is 0 Å². The average Bonchev–Trinajstić information content (AvgIpc) is 2.53. The molecule has 1 aromatic carbocycles. The van der Waals surface area contributed by atoms with Crippen molar-refractivity contribution in [1.29, 1.82) is 5.26 Å². The standard InChI is InChI=1S/C16H23N3O/c1-3-19(15-5-4-8-18-11-15)12-14-9-13(10-17)6-7-16(14)20-2/h6-7,9,15,18H,3-5,8,11-12H2,1-2H3. The van der Waals surface area contributed by atoms with E-state index in [9.17, 15) is 0 Å². The Balaban J connectivity index is 2.15. The second-order valence-corrected chi connectivity index (χ2v) is 5.20. The number of methoxy groups -OCH3 is 1. The zero-order valence-corrected chi connectivity index (χ0v) is 12.4. The molecule has 0 aliphatic carbocycles. The number of likely N-dealkylation sites (N-methyl/N-ethyl adjacent to an activating group) is 1. The van der Waals surface area contributed by atoms with Gasteiger partial charge in [0.2, 0.25) is 0 Å². The molecule has 0 spiro atoms. The molecule has 1 aromatic rings. The van der Waals surface area contributed by atoms with E-state index in [1.54, 1.807) is 13.2 Å². The van der Waals surface area contributed by atoms with Crippen LogP contribution in [0.25, 0.3) is 0 Å². The minimum atomic E-state index is 0.573. The fraction of sp³-hybridized carbons (Fsp3) is 0.562. The maximum atomic E-state index is 9.05. The lowest BCUT2D eigenvalue weighted by Crippen LogP contribution is -2.45. The number of hydrogen-bond donors (Lipinski definition) is 1. The van der Waals surface area contributed by atoms with Gasteiger partial charge in [0.05, 0.1) is 18.7 Å². The molecule has 1 atom stereocenters. The van der Waals surface area contributed by atoms with Gasteiger partial charge in [-0.2, -0.15) is 5.26 Å².